The van der Waals surface area contributed by atoms with E-state index in [9.17, 15) is 9.59 Å². The summed E-state index contributed by atoms with van der Waals surface area (Å²) in [6.07, 6.45) is 3.31. The van der Waals surface area contributed by atoms with Crippen molar-refractivity contribution in [2.75, 3.05) is 14.2 Å². The Balaban J connectivity index is 2.61. The topological polar surface area (TPSA) is 57.5 Å². The first-order chi connectivity index (χ1) is 11.7. The minimum Gasteiger partial charge on any atom is -0.497 e. The van der Waals surface area contributed by atoms with Crippen LogP contribution >= 0.6 is 11.3 Å². The number of carbonyl (C=O) groups is 1. The van der Waals surface area contributed by atoms with Gasteiger partial charge in [0, 0.05) is 24.6 Å². The molecule has 0 aliphatic rings. The number of thiazole rings is 1. The van der Waals surface area contributed by atoms with Crippen LogP contribution < -0.4 is 24.2 Å². The summed E-state index contributed by atoms with van der Waals surface area (Å²) in [6, 6.07) is 5.42. The number of ether oxygens (including phenoxy) is 2. The molecular formula is C19H23NO4S. The van der Waals surface area contributed by atoms with Crippen LogP contribution in [-0.2, 0) is 11.8 Å². The molecule has 1 aromatic carbocycles. The second kappa shape index (κ2) is 7.27. The van der Waals surface area contributed by atoms with Gasteiger partial charge in [-0.15, -0.1) is 11.3 Å². The Morgan fingerprint density at radius 2 is 1.68 bits per heavy atom. The average Bonchev–Trinajstić information content (AvgIpc) is 2.81. The highest BCUT2D eigenvalue weighted by molar-refractivity contribution is 7.07. The molecule has 0 saturated carbocycles. The molecular weight excluding hydrogens is 338 g/mol. The van der Waals surface area contributed by atoms with Crippen LogP contribution in [0, 0.1) is 5.41 Å². The van der Waals surface area contributed by atoms with Crippen LogP contribution in [0.15, 0.2) is 23.0 Å². The summed E-state index contributed by atoms with van der Waals surface area (Å²) >= 11 is 1.29. The maximum atomic E-state index is 12.5. The molecule has 0 spiro atoms. The summed E-state index contributed by atoms with van der Waals surface area (Å²) in [4.78, 5) is 24.7. The second-order valence-corrected chi connectivity index (χ2v) is 7.78. The highest BCUT2D eigenvalue weighted by Gasteiger charge is 2.19. The maximum Gasteiger partial charge on any atom is 0.268 e. The average molecular weight is 361 g/mol. The van der Waals surface area contributed by atoms with Gasteiger partial charge in [-0.05, 0) is 23.8 Å². The summed E-state index contributed by atoms with van der Waals surface area (Å²) in [7, 11) is 4.83. The normalized spacial score (nSPS) is 13.2. The van der Waals surface area contributed by atoms with E-state index in [4.69, 9.17) is 9.47 Å². The first kappa shape index (κ1) is 19.0. The van der Waals surface area contributed by atoms with Gasteiger partial charge in [-0.3, -0.25) is 9.59 Å². The number of Topliss-reactive ketones (excluding diaryl/α,β-unsaturated/α-hetero) is 1. The number of nitrogens with zero attached hydrogens (tertiary/aromatic N) is 1. The SMILES string of the molecule is COc1cc(/C=c2\s/c(=C\C(=O)C(C)(C)C)n(C)c2=O)cc(OC)c1. The van der Waals surface area contributed by atoms with Crippen molar-refractivity contribution >= 4 is 29.3 Å². The Morgan fingerprint density at radius 1 is 1.12 bits per heavy atom. The van der Waals surface area contributed by atoms with E-state index >= 15 is 0 Å². The molecule has 0 atom stereocenters. The number of ketones is 1. The molecule has 0 amide bonds. The van der Waals surface area contributed by atoms with Crippen molar-refractivity contribution in [1.82, 2.24) is 4.57 Å². The molecule has 0 aliphatic heterocycles. The fraction of sp³-hybridized carbons (Fsp3) is 0.368. The van der Waals surface area contributed by atoms with Gasteiger partial charge in [0.15, 0.2) is 5.78 Å². The van der Waals surface area contributed by atoms with Gasteiger partial charge < -0.3 is 14.0 Å². The van der Waals surface area contributed by atoms with Gasteiger partial charge in [-0.25, -0.2) is 0 Å². The molecule has 0 unspecified atom stereocenters. The van der Waals surface area contributed by atoms with Gasteiger partial charge in [0.05, 0.1) is 18.8 Å². The Hall–Kier alpha value is -2.34. The smallest absolute Gasteiger partial charge is 0.268 e. The zero-order valence-electron chi connectivity index (χ0n) is 15.4. The molecule has 0 aliphatic carbocycles. The maximum absolute atomic E-state index is 12.5. The predicted octanol–water partition coefficient (Wildman–Crippen LogP) is 1.69. The third kappa shape index (κ3) is 4.39. The molecule has 134 valence electrons. The minimum absolute atomic E-state index is 0.0149. The van der Waals surface area contributed by atoms with E-state index in [0.717, 1.165) is 5.56 Å². The predicted molar refractivity (Wildman–Crippen MR) is 101 cm³/mol. The molecule has 0 N–H and O–H groups in total. The van der Waals surface area contributed by atoms with Gasteiger partial charge in [-0.1, -0.05) is 20.8 Å². The van der Waals surface area contributed by atoms with Crippen molar-refractivity contribution < 1.29 is 14.3 Å². The van der Waals surface area contributed by atoms with Crippen molar-refractivity contribution in [2.45, 2.75) is 20.8 Å². The molecule has 0 saturated heterocycles. The van der Waals surface area contributed by atoms with E-state index < -0.39 is 5.41 Å². The van der Waals surface area contributed by atoms with Crippen LogP contribution in [0.25, 0.3) is 12.2 Å². The number of rotatable bonds is 4. The standard InChI is InChI=1S/C19H23NO4S/c1-19(2,3)16(21)11-17-20(4)18(22)15(25-17)9-12-7-13(23-5)10-14(8-12)24-6/h7-11H,1-6H3/b15-9-,17-11-. The fourth-order valence-corrected chi connectivity index (χ4v) is 3.13. The van der Waals surface area contributed by atoms with E-state index in [1.54, 1.807) is 33.4 Å². The molecule has 2 rings (SSSR count). The van der Waals surface area contributed by atoms with Gasteiger partial charge in [0.2, 0.25) is 0 Å². The molecule has 2 aromatic rings. The van der Waals surface area contributed by atoms with Crippen LogP contribution in [0.4, 0.5) is 0 Å². The third-order valence-electron chi connectivity index (χ3n) is 3.73. The van der Waals surface area contributed by atoms with Crippen LogP contribution in [0.1, 0.15) is 26.3 Å². The molecule has 0 bridgehead atoms. The zero-order chi connectivity index (χ0) is 18.8. The molecule has 25 heavy (non-hydrogen) atoms. The Labute approximate surface area is 150 Å². The lowest BCUT2D eigenvalue weighted by Crippen LogP contribution is -2.30. The number of hydrogen-bond acceptors (Lipinski definition) is 5. The van der Waals surface area contributed by atoms with Crippen LogP contribution in [0.5, 0.6) is 11.5 Å². The Morgan fingerprint density at radius 3 is 2.16 bits per heavy atom. The summed E-state index contributed by atoms with van der Waals surface area (Å²) in [5, 5.41) is 0. The largest absolute Gasteiger partial charge is 0.497 e. The van der Waals surface area contributed by atoms with Gasteiger partial charge in [0.25, 0.3) is 5.56 Å². The van der Waals surface area contributed by atoms with Crippen LogP contribution in [0.3, 0.4) is 0 Å². The van der Waals surface area contributed by atoms with Gasteiger partial charge >= 0.3 is 0 Å². The lowest BCUT2D eigenvalue weighted by atomic mass is 9.91. The van der Waals surface area contributed by atoms with E-state index in [2.05, 4.69) is 0 Å². The van der Waals surface area contributed by atoms with Gasteiger partial charge in [-0.2, -0.15) is 0 Å². The molecule has 0 radical (unpaired) electrons. The Kier molecular flexibility index (Phi) is 5.52. The lowest BCUT2D eigenvalue weighted by molar-refractivity contribution is -0.120. The quantitative estimate of drug-likeness (QED) is 0.832. The zero-order valence-corrected chi connectivity index (χ0v) is 16.2. The highest BCUT2D eigenvalue weighted by atomic mass is 32.1. The molecule has 6 heteroatoms. The van der Waals surface area contributed by atoms with Gasteiger partial charge in [0.1, 0.15) is 16.2 Å². The van der Waals surface area contributed by atoms with E-state index in [1.807, 2.05) is 32.9 Å². The first-order valence-electron chi connectivity index (χ1n) is 7.82. The number of methoxy groups -OCH3 is 2. The number of benzene rings is 1. The Bertz CT molecular complexity index is 939. The monoisotopic (exact) mass is 361 g/mol. The third-order valence-corrected chi connectivity index (χ3v) is 4.84. The molecule has 0 fully saturated rings. The van der Waals surface area contributed by atoms with E-state index in [1.165, 1.54) is 22.0 Å². The van der Waals surface area contributed by atoms with E-state index in [-0.39, 0.29) is 11.3 Å². The molecule has 5 nitrogen and oxygen atoms in total. The van der Waals surface area contributed by atoms with E-state index in [0.29, 0.717) is 20.7 Å². The number of hydrogen-bond donors (Lipinski definition) is 0. The fourth-order valence-electron chi connectivity index (χ4n) is 2.10. The minimum atomic E-state index is -0.482. The van der Waals surface area contributed by atoms with Crippen molar-refractivity contribution in [2.24, 2.45) is 12.5 Å². The number of carbonyl (C=O) groups excluding carboxylic acids is 1. The van der Waals surface area contributed by atoms with Crippen LogP contribution in [-0.4, -0.2) is 24.6 Å². The summed E-state index contributed by atoms with van der Waals surface area (Å²) in [5.74, 6) is 1.28. The van der Waals surface area contributed by atoms with Crippen molar-refractivity contribution in [3.63, 3.8) is 0 Å². The van der Waals surface area contributed by atoms with Crippen molar-refractivity contribution in [3.05, 3.63) is 43.3 Å². The summed E-state index contributed by atoms with van der Waals surface area (Å²) in [5.41, 5.74) is 0.174. The summed E-state index contributed by atoms with van der Waals surface area (Å²) < 4.78 is 13.2. The molecule has 1 heterocycles. The van der Waals surface area contributed by atoms with Crippen LogP contribution in [0.2, 0.25) is 0 Å². The van der Waals surface area contributed by atoms with Crippen molar-refractivity contribution in [1.29, 1.82) is 0 Å². The first-order valence-corrected chi connectivity index (χ1v) is 8.64. The second-order valence-electron chi connectivity index (χ2n) is 6.72. The van der Waals surface area contributed by atoms with Crippen molar-refractivity contribution in [3.8, 4) is 11.5 Å². The lowest BCUT2D eigenvalue weighted by Gasteiger charge is -2.12. The summed E-state index contributed by atoms with van der Waals surface area (Å²) in [6.45, 7) is 5.56. The number of aromatic nitrogens is 1. The highest BCUT2D eigenvalue weighted by Crippen LogP contribution is 2.22. The molecule has 1 aromatic heterocycles.